The smallest absolute Gasteiger partial charge is 0.243 e. The number of hydrogen-bond acceptors (Lipinski definition) is 3. The molecule has 2 aromatic rings. The molecule has 1 saturated heterocycles. The predicted octanol–water partition coefficient (Wildman–Crippen LogP) is 2.73. The van der Waals surface area contributed by atoms with Gasteiger partial charge >= 0.3 is 0 Å². The third-order valence-corrected chi connectivity index (χ3v) is 6.90. The standard InChI is InChI=1S/C19H24N2O2S/c1-13-9-14(2)19(15(3)10-13)24(22,23)21-11-17(18(20)12-21)16-7-5-4-6-8-16/h4-10,17-18H,11-12,20H2,1-3H3/t17-,18+/m0/s1. The van der Waals surface area contributed by atoms with Gasteiger partial charge in [-0.05, 0) is 37.5 Å². The molecule has 1 fully saturated rings. The summed E-state index contributed by atoms with van der Waals surface area (Å²) in [6, 6.07) is 13.6. The van der Waals surface area contributed by atoms with E-state index in [0.29, 0.717) is 18.0 Å². The second kappa shape index (κ2) is 6.31. The molecule has 0 radical (unpaired) electrons. The normalized spacial score (nSPS) is 22.0. The number of rotatable bonds is 3. The SMILES string of the molecule is Cc1cc(C)c(S(=O)(=O)N2C[C@@H](N)[C@H](c3ccccc3)C2)c(C)c1. The van der Waals surface area contributed by atoms with Crippen molar-refractivity contribution in [3.05, 3.63) is 64.7 Å². The Morgan fingerprint density at radius 2 is 1.58 bits per heavy atom. The zero-order valence-corrected chi connectivity index (χ0v) is 15.2. The molecule has 3 rings (SSSR count). The van der Waals surface area contributed by atoms with Crippen LogP contribution in [0, 0.1) is 20.8 Å². The number of aryl methyl sites for hydroxylation is 3. The van der Waals surface area contributed by atoms with E-state index < -0.39 is 10.0 Å². The number of nitrogens with two attached hydrogens (primary N) is 1. The van der Waals surface area contributed by atoms with Crippen LogP contribution in [0.25, 0.3) is 0 Å². The van der Waals surface area contributed by atoms with Gasteiger partial charge in [-0.2, -0.15) is 4.31 Å². The van der Waals surface area contributed by atoms with Crippen LogP contribution in [0.2, 0.25) is 0 Å². The number of benzene rings is 2. The van der Waals surface area contributed by atoms with Crippen molar-refractivity contribution in [2.75, 3.05) is 13.1 Å². The van der Waals surface area contributed by atoms with E-state index in [1.54, 1.807) is 4.31 Å². The Kier molecular flexibility index (Phi) is 4.51. The van der Waals surface area contributed by atoms with Crippen LogP contribution in [0.1, 0.15) is 28.2 Å². The molecule has 4 nitrogen and oxygen atoms in total. The summed E-state index contributed by atoms with van der Waals surface area (Å²) in [7, 11) is -3.54. The van der Waals surface area contributed by atoms with Gasteiger partial charge in [0.1, 0.15) is 0 Å². The Bertz CT molecular complexity index is 824. The van der Waals surface area contributed by atoms with Crippen LogP contribution in [-0.4, -0.2) is 31.9 Å². The van der Waals surface area contributed by atoms with E-state index in [2.05, 4.69) is 0 Å². The van der Waals surface area contributed by atoms with Gasteiger partial charge in [-0.1, -0.05) is 48.0 Å². The predicted molar refractivity (Wildman–Crippen MR) is 96.6 cm³/mol. The molecule has 2 atom stereocenters. The van der Waals surface area contributed by atoms with Crippen LogP contribution in [0.3, 0.4) is 0 Å². The Morgan fingerprint density at radius 1 is 1.00 bits per heavy atom. The van der Waals surface area contributed by atoms with Crippen LogP contribution in [-0.2, 0) is 10.0 Å². The first kappa shape index (κ1) is 17.1. The molecular weight excluding hydrogens is 320 g/mol. The van der Waals surface area contributed by atoms with Crippen molar-refractivity contribution in [2.24, 2.45) is 5.73 Å². The molecule has 2 aromatic carbocycles. The quantitative estimate of drug-likeness (QED) is 0.931. The van der Waals surface area contributed by atoms with Crippen LogP contribution in [0.4, 0.5) is 0 Å². The van der Waals surface area contributed by atoms with Crippen molar-refractivity contribution in [1.29, 1.82) is 0 Å². The molecule has 24 heavy (non-hydrogen) atoms. The van der Waals surface area contributed by atoms with Crippen LogP contribution in [0.5, 0.6) is 0 Å². The van der Waals surface area contributed by atoms with Crippen LogP contribution < -0.4 is 5.73 Å². The van der Waals surface area contributed by atoms with Gasteiger partial charge in [-0.25, -0.2) is 8.42 Å². The lowest BCUT2D eigenvalue weighted by molar-refractivity contribution is 0.469. The van der Waals surface area contributed by atoms with Gasteiger partial charge in [0.15, 0.2) is 0 Å². The first-order valence-electron chi connectivity index (χ1n) is 8.19. The first-order valence-corrected chi connectivity index (χ1v) is 9.63. The average Bonchev–Trinajstić information content (AvgIpc) is 2.89. The zero-order chi connectivity index (χ0) is 17.5. The second-order valence-corrected chi connectivity index (χ2v) is 8.61. The molecule has 0 bridgehead atoms. The van der Waals surface area contributed by atoms with Gasteiger partial charge in [0.2, 0.25) is 10.0 Å². The molecular formula is C19H24N2O2S. The number of sulfonamides is 1. The highest BCUT2D eigenvalue weighted by atomic mass is 32.2. The summed E-state index contributed by atoms with van der Waals surface area (Å²) in [6.07, 6.45) is 0. The maximum Gasteiger partial charge on any atom is 0.243 e. The lowest BCUT2D eigenvalue weighted by Gasteiger charge is -2.20. The minimum atomic E-state index is -3.54. The Hall–Kier alpha value is -1.69. The minimum absolute atomic E-state index is 0.0343. The molecule has 1 aliphatic rings. The average molecular weight is 344 g/mol. The van der Waals surface area contributed by atoms with E-state index in [-0.39, 0.29) is 12.0 Å². The third-order valence-electron chi connectivity index (χ3n) is 4.76. The molecule has 128 valence electrons. The fraction of sp³-hybridized carbons (Fsp3) is 0.368. The molecule has 1 aliphatic heterocycles. The number of nitrogens with zero attached hydrogens (tertiary/aromatic N) is 1. The third kappa shape index (κ3) is 2.99. The Morgan fingerprint density at radius 3 is 2.17 bits per heavy atom. The molecule has 0 aliphatic carbocycles. The summed E-state index contributed by atoms with van der Waals surface area (Å²) in [5.41, 5.74) is 10.0. The van der Waals surface area contributed by atoms with Gasteiger partial charge in [-0.3, -0.25) is 0 Å². The van der Waals surface area contributed by atoms with E-state index in [1.807, 2.05) is 63.2 Å². The van der Waals surface area contributed by atoms with Gasteiger partial charge in [0.25, 0.3) is 0 Å². The molecule has 5 heteroatoms. The maximum absolute atomic E-state index is 13.2. The molecule has 0 amide bonds. The largest absolute Gasteiger partial charge is 0.326 e. The zero-order valence-electron chi connectivity index (χ0n) is 14.4. The van der Waals surface area contributed by atoms with E-state index in [0.717, 1.165) is 22.3 Å². The first-order chi connectivity index (χ1) is 11.3. The topological polar surface area (TPSA) is 63.4 Å². The summed E-state index contributed by atoms with van der Waals surface area (Å²) >= 11 is 0. The van der Waals surface area contributed by atoms with E-state index >= 15 is 0 Å². The lowest BCUT2D eigenvalue weighted by Crippen LogP contribution is -2.33. The van der Waals surface area contributed by atoms with Gasteiger partial charge < -0.3 is 5.73 Å². The summed E-state index contributed by atoms with van der Waals surface area (Å²) in [6.45, 7) is 6.48. The molecule has 2 N–H and O–H groups in total. The fourth-order valence-electron chi connectivity index (χ4n) is 3.74. The van der Waals surface area contributed by atoms with Gasteiger partial charge in [0.05, 0.1) is 4.90 Å². The van der Waals surface area contributed by atoms with Crippen LogP contribution >= 0.6 is 0 Å². The van der Waals surface area contributed by atoms with E-state index in [1.165, 1.54) is 0 Å². The monoisotopic (exact) mass is 344 g/mol. The van der Waals surface area contributed by atoms with Crippen LogP contribution in [0.15, 0.2) is 47.4 Å². The number of hydrogen-bond donors (Lipinski definition) is 1. The van der Waals surface area contributed by atoms with Crippen molar-refractivity contribution >= 4 is 10.0 Å². The highest BCUT2D eigenvalue weighted by Gasteiger charge is 2.39. The molecule has 0 aromatic heterocycles. The van der Waals surface area contributed by atoms with Crippen molar-refractivity contribution in [3.63, 3.8) is 0 Å². The highest BCUT2D eigenvalue weighted by Crippen LogP contribution is 2.32. The fourth-order valence-corrected chi connectivity index (χ4v) is 5.66. The van der Waals surface area contributed by atoms with Crippen molar-refractivity contribution in [1.82, 2.24) is 4.31 Å². The Balaban J connectivity index is 1.95. The maximum atomic E-state index is 13.2. The summed E-state index contributed by atoms with van der Waals surface area (Å²) in [4.78, 5) is 0.425. The van der Waals surface area contributed by atoms with E-state index in [4.69, 9.17) is 5.73 Å². The van der Waals surface area contributed by atoms with Crippen molar-refractivity contribution < 1.29 is 8.42 Å². The molecule has 0 saturated carbocycles. The summed E-state index contributed by atoms with van der Waals surface area (Å²) in [5.74, 6) is 0.0343. The molecule has 1 heterocycles. The minimum Gasteiger partial charge on any atom is -0.326 e. The molecule has 0 unspecified atom stereocenters. The summed E-state index contributed by atoms with van der Waals surface area (Å²) < 4.78 is 27.9. The van der Waals surface area contributed by atoms with E-state index in [9.17, 15) is 8.42 Å². The Labute approximate surface area is 144 Å². The second-order valence-electron chi connectivity index (χ2n) is 6.73. The molecule has 0 spiro atoms. The van der Waals surface area contributed by atoms with Crippen molar-refractivity contribution in [2.45, 2.75) is 37.6 Å². The van der Waals surface area contributed by atoms with Crippen molar-refractivity contribution in [3.8, 4) is 0 Å². The van der Waals surface area contributed by atoms with Gasteiger partial charge in [0, 0.05) is 25.0 Å². The summed E-state index contributed by atoms with van der Waals surface area (Å²) in [5, 5.41) is 0. The lowest BCUT2D eigenvalue weighted by atomic mass is 9.95. The van der Waals surface area contributed by atoms with Gasteiger partial charge in [-0.15, -0.1) is 0 Å². The highest BCUT2D eigenvalue weighted by molar-refractivity contribution is 7.89.